The lowest BCUT2D eigenvalue weighted by Gasteiger charge is -2.60. The van der Waals surface area contributed by atoms with Crippen LogP contribution in [0.2, 0.25) is 0 Å². The molecule has 0 aromatic heterocycles. The van der Waals surface area contributed by atoms with E-state index in [9.17, 15) is 5.11 Å². The van der Waals surface area contributed by atoms with Crippen molar-refractivity contribution in [1.29, 1.82) is 0 Å². The molecule has 0 amide bonds. The summed E-state index contributed by atoms with van der Waals surface area (Å²) in [5.74, 6) is 3.08. The quantitative estimate of drug-likeness (QED) is 0.863. The first-order valence-corrected chi connectivity index (χ1v) is 10.9. The number of aryl methyl sites for hydroxylation is 1. The van der Waals surface area contributed by atoms with Crippen molar-refractivity contribution in [3.05, 3.63) is 22.8 Å². The highest BCUT2D eigenvalue weighted by atomic mass is 16.5. The summed E-state index contributed by atoms with van der Waals surface area (Å²) in [5.41, 5.74) is 4.01. The Morgan fingerprint density at radius 2 is 2.14 bits per heavy atom. The summed E-state index contributed by atoms with van der Waals surface area (Å²) in [6.45, 7) is 4.55. The Bertz CT molecular complexity index is 821. The molecule has 28 heavy (non-hydrogen) atoms. The number of rotatable bonds is 4. The molecule has 2 aliphatic heterocycles. The molecular weight excluding hydrogens is 354 g/mol. The number of hydrogen-bond acceptors (Lipinski definition) is 5. The minimum atomic E-state index is -0.597. The zero-order chi connectivity index (χ0) is 19.2. The molecule has 6 unspecified atom stereocenters. The van der Waals surface area contributed by atoms with Crippen LogP contribution >= 0.6 is 0 Å². The van der Waals surface area contributed by atoms with Crippen molar-refractivity contribution in [3.8, 4) is 11.5 Å². The second-order valence-corrected chi connectivity index (χ2v) is 9.72. The molecule has 6 rings (SSSR count). The van der Waals surface area contributed by atoms with Crippen molar-refractivity contribution in [2.45, 2.75) is 68.8 Å². The maximum absolute atomic E-state index is 11.2. The van der Waals surface area contributed by atoms with Crippen molar-refractivity contribution in [2.24, 2.45) is 11.8 Å². The van der Waals surface area contributed by atoms with Crippen LogP contribution < -0.4 is 9.47 Å². The third-order valence-corrected chi connectivity index (χ3v) is 8.50. The maximum Gasteiger partial charge on any atom is 0.165 e. The first-order chi connectivity index (χ1) is 13.6. The molecule has 1 saturated heterocycles. The molecule has 2 heterocycles. The van der Waals surface area contributed by atoms with Crippen LogP contribution in [0.4, 0.5) is 0 Å². The number of nitrogens with zero attached hydrogens (tertiary/aromatic N) is 1. The van der Waals surface area contributed by atoms with Gasteiger partial charge < -0.3 is 19.3 Å². The number of methoxy groups -OCH3 is 2. The number of hydrogen-bond donors (Lipinski definition) is 1. The van der Waals surface area contributed by atoms with Crippen LogP contribution in [0.3, 0.4) is 0 Å². The maximum atomic E-state index is 11.2. The van der Waals surface area contributed by atoms with E-state index in [-0.39, 0.29) is 17.6 Å². The first-order valence-electron chi connectivity index (χ1n) is 10.9. The van der Waals surface area contributed by atoms with Crippen LogP contribution in [0.1, 0.15) is 42.4 Å². The lowest BCUT2D eigenvalue weighted by atomic mass is 9.50. The minimum absolute atomic E-state index is 0.0959. The van der Waals surface area contributed by atoms with Crippen LogP contribution in [0.5, 0.6) is 11.5 Å². The summed E-state index contributed by atoms with van der Waals surface area (Å²) < 4.78 is 18.0. The Hall–Kier alpha value is -1.30. The minimum Gasteiger partial charge on any atom is -0.493 e. The van der Waals surface area contributed by atoms with Gasteiger partial charge >= 0.3 is 0 Å². The van der Waals surface area contributed by atoms with Crippen LogP contribution in [-0.2, 0) is 16.6 Å². The number of benzene rings is 1. The molecular formula is C23H31NO4. The van der Waals surface area contributed by atoms with E-state index in [1.807, 2.05) is 0 Å². The molecule has 1 N–H and O–H groups in total. The third kappa shape index (κ3) is 2.08. The molecule has 2 saturated carbocycles. The van der Waals surface area contributed by atoms with Gasteiger partial charge in [0, 0.05) is 30.7 Å². The highest BCUT2D eigenvalue weighted by Crippen LogP contribution is 2.64. The molecule has 1 spiro atoms. The van der Waals surface area contributed by atoms with E-state index in [2.05, 4.69) is 17.9 Å². The van der Waals surface area contributed by atoms with E-state index in [0.717, 1.165) is 43.2 Å². The molecule has 5 heteroatoms. The summed E-state index contributed by atoms with van der Waals surface area (Å²) in [7, 11) is 3.45. The number of ether oxygens (including phenoxy) is 3. The predicted molar refractivity (Wildman–Crippen MR) is 105 cm³/mol. The zero-order valence-corrected chi connectivity index (χ0v) is 17.1. The lowest BCUT2D eigenvalue weighted by molar-refractivity contribution is -0.162. The summed E-state index contributed by atoms with van der Waals surface area (Å²) in [6.07, 6.45) is 4.85. The Balaban J connectivity index is 1.54. The number of aliphatic hydroxyl groups excluding tert-OH is 1. The fourth-order valence-corrected chi connectivity index (χ4v) is 7.05. The van der Waals surface area contributed by atoms with Crippen molar-refractivity contribution < 1.29 is 19.3 Å². The van der Waals surface area contributed by atoms with E-state index in [0.29, 0.717) is 12.0 Å². The predicted octanol–water partition coefficient (Wildman–Crippen LogP) is 2.44. The van der Waals surface area contributed by atoms with Gasteiger partial charge in [-0.05, 0) is 74.6 Å². The molecule has 1 aromatic rings. The van der Waals surface area contributed by atoms with Gasteiger partial charge in [-0.3, -0.25) is 4.90 Å². The normalized spacial score (nSPS) is 40.8. The molecule has 152 valence electrons. The van der Waals surface area contributed by atoms with Crippen molar-refractivity contribution in [2.75, 3.05) is 27.3 Å². The van der Waals surface area contributed by atoms with Gasteiger partial charge in [0.05, 0.1) is 13.2 Å². The van der Waals surface area contributed by atoms with Crippen LogP contribution in [0, 0.1) is 18.8 Å². The van der Waals surface area contributed by atoms with Gasteiger partial charge in [-0.2, -0.15) is 0 Å². The molecule has 3 fully saturated rings. The molecule has 1 aromatic carbocycles. The number of aliphatic hydroxyl groups is 1. The largest absolute Gasteiger partial charge is 0.493 e. The van der Waals surface area contributed by atoms with Gasteiger partial charge in [-0.25, -0.2) is 0 Å². The molecule has 0 radical (unpaired) electrons. The van der Waals surface area contributed by atoms with Gasteiger partial charge in [-0.1, -0.05) is 0 Å². The third-order valence-electron chi connectivity index (χ3n) is 8.50. The molecule has 6 atom stereocenters. The van der Waals surface area contributed by atoms with Gasteiger partial charge in [0.1, 0.15) is 12.2 Å². The Kier molecular flexibility index (Phi) is 3.68. The monoisotopic (exact) mass is 385 g/mol. The average molecular weight is 386 g/mol. The van der Waals surface area contributed by atoms with Gasteiger partial charge in [0.2, 0.25) is 0 Å². The standard InChI is InChI=1S/C23H31NO4/c1-12-8-18(27-3)21-19-14(12)9-16-15-10-17(26-2)20(25)22(28-21)23(15,19)6-7-24(16)11-13-4-5-13/h8,13,15-17,20,22,25H,4-7,9-11H2,1-3H3. The highest BCUT2D eigenvalue weighted by molar-refractivity contribution is 5.63. The molecule has 5 nitrogen and oxygen atoms in total. The molecule has 3 aliphatic carbocycles. The molecule has 2 bridgehead atoms. The van der Waals surface area contributed by atoms with Gasteiger partial charge in [-0.15, -0.1) is 0 Å². The Labute approximate surface area is 167 Å². The number of piperidine rings is 1. The second kappa shape index (κ2) is 5.87. The molecule has 5 aliphatic rings. The van der Waals surface area contributed by atoms with E-state index >= 15 is 0 Å². The highest BCUT2D eigenvalue weighted by Gasteiger charge is 2.68. The van der Waals surface area contributed by atoms with Crippen molar-refractivity contribution in [3.63, 3.8) is 0 Å². The Morgan fingerprint density at radius 3 is 2.86 bits per heavy atom. The van der Waals surface area contributed by atoms with E-state index in [1.165, 1.54) is 36.1 Å². The fraction of sp³-hybridized carbons (Fsp3) is 0.739. The van der Waals surface area contributed by atoms with E-state index in [4.69, 9.17) is 14.2 Å². The average Bonchev–Trinajstić information content (AvgIpc) is 3.44. The van der Waals surface area contributed by atoms with E-state index in [1.54, 1.807) is 14.2 Å². The van der Waals surface area contributed by atoms with Crippen LogP contribution in [0.15, 0.2) is 6.07 Å². The summed E-state index contributed by atoms with van der Waals surface area (Å²) in [5, 5.41) is 11.2. The lowest BCUT2D eigenvalue weighted by Crippen LogP contribution is -2.69. The Morgan fingerprint density at radius 1 is 1.32 bits per heavy atom. The summed E-state index contributed by atoms with van der Waals surface area (Å²) >= 11 is 0. The summed E-state index contributed by atoms with van der Waals surface area (Å²) in [6, 6.07) is 2.65. The van der Waals surface area contributed by atoms with Gasteiger partial charge in [0.25, 0.3) is 0 Å². The van der Waals surface area contributed by atoms with Crippen molar-refractivity contribution >= 4 is 0 Å². The SMILES string of the molecule is COc1cc(C)c2c3c1OC1C(O)C(OC)CC4C(C2)N(CC2CC2)CCC341. The number of likely N-dealkylation sites (tertiary alicyclic amines) is 1. The summed E-state index contributed by atoms with van der Waals surface area (Å²) in [4.78, 5) is 2.76. The second-order valence-electron chi connectivity index (χ2n) is 9.72. The topological polar surface area (TPSA) is 51.2 Å². The zero-order valence-electron chi connectivity index (χ0n) is 17.1. The first kappa shape index (κ1) is 17.5. The van der Waals surface area contributed by atoms with Crippen LogP contribution in [0.25, 0.3) is 0 Å². The smallest absolute Gasteiger partial charge is 0.165 e. The fourth-order valence-electron chi connectivity index (χ4n) is 7.05. The van der Waals surface area contributed by atoms with Crippen LogP contribution in [-0.4, -0.2) is 61.7 Å². The van der Waals surface area contributed by atoms with Gasteiger partial charge in [0.15, 0.2) is 11.5 Å². The van der Waals surface area contributed by atoms with E-state index < -0.39 is 6.10 Å². The van der Waals surface area contributed by atoms with Crippen molar-refractivity contribution in [1.82, 2.24) is 4.90 Å².